The molecule has 3 unspecified atom stereocenters. The second kappa shape index (κ2) is 10.5. The molecule has 2 aromatic rings. The van der Waals surface area contributed by atoms with Gasteiger partial charge in [0.1, 0.15) is 11.9 Å². The van der Waals surface area contributed by atoms with Crippen molar-refractivity contribution in [2.45, 2.75) is 51.1 Å². The van der Waals surface area contributed by atoms with E-state index >= 15 is 0 Å². The Bertz CT molecular complexity index is 942. The summed E-state index contributed by atoms with van der Waals surface area (Å²) in [6.45, 7) is 4.65. The van der Waals surface area contributed by atoms with Crippen molar-refractivity contribution in [1.82, 2.24) is 9.80 Å². The van der Waals surface area contributed by atoms with Gasteiger partial charge in [-0.2, -0.15) is 0 Å². The lowest BCUT2D eigenvalue weighted by molar-refractivity contribution is 0.0341. The lowest BCUT2D eigenvalue weighted by Gasteiger charge is -2.46. The van der Waals surface area contributed by atoms with Crippen molar-refractivity contribution in [2.24, 2.45) is 17.6 Å². The van der Waals surface area contributed by atoms with E-state index in [0.29, 0.717) is 18.0 Å². The molecular formula is C27H34FN3O2. The number of halogens is 1. The van der Waals surface area contributed by atoms with E-state index in [1.807, 2.05) is 42.5 Å². The molecule has 0 radical (unpaired) electrons. The molecule has 2 aromatic carbocycles. The quantitative estimate of drug-likeness (QED) is 0.657. The van der Waals surface area contributed by atoms with E-state index in [9.17, 15) is 14.0 Å². The Kier molecular flexibility index (Phi) is 7.43. The first-order valence-electron chi connectivity index (χ1n) is 12.1. The molecule has 0 saturated carbocycles. The second-order valence-electron chi connectivity index (χ2n) is 9.56. The highest BCUT2D eigenvalue weighted by molar-refractivity contribution is 6.02. The predicted octanol–water partition coefficient (Wildman–Crippen LogP) is 4.51. The molecule has 0 aliphatic carbocycles. The molecule has 5 nitrogen and oxygen atoms in total. The number of ketones is 1. The number of hydrogen-bond donors (Lipinski definition) is 1. The molecule has 4 rings (SSSR count). The predicted molar refractivity (Wildman–Crippen MR) is 127 cm³/mol. The Morgan fingerprint density at radius 3 is 2.30 bits per heavy atom. The summed E-state index contributed by atoms with van der Waals surface area (Å²) in [6, 6.07) is 15.2. The first-order valence-corrected chi connectivity index (χ1v) is 12.1. The van der Waals surface area contributed by atoms with Crippen LogP contribution in [-0.2, 0) is 6.42 Å². The van der Waals surface area contributed by atoms with Crippen LogP contribution in [0.3, 0.4) is 0 Å². The molecule has 2 N–H and O–H groups in total. The van der Waals surface area contributed by atoms with Gasteiger partial charge < -0.3 is 15.5 Å². The van der Waals surface area contributed by atoms with Gasteiger partial charge in [0.05, 0.1) is 0 Å². The van der Waals surface area contributed by atoms with E-state index < -0.39 is 12.1 Å². The number of amides is 2. The molecule has 33 heavy (non-hydrogen) atoms. The standard InChI is InChI=1S/C27H34FN3O2/c1-19(30-16-13-21(14-17-30)18-20-9-11-23(28)12-10-20)24-8-5-15-31(27(29)33)25(24)26(32)22-6-3-2-4-7-22/h2-4,6-7,9-12,19,21,24-25H,5,8,13-18H2,1H3,(H2,29,33). The molecular weight excluding hydrogens is 417 g/mol. The largest absolute Gasteiger partial charge is 0.351 e. The van der Waals surface area contributed by atoms with Gasteiger partial charge in [0.25, 0.3) is 0 Å². The zero-order valence-electron chi connectivity index (χ0n) is 19.3. The van der Waals surface area contributed by atoms with Crippen LogP contribution >= 0.6 is 0 Å². The fourth-order valence-electron chi connectivity index (χ4n) is 5.68. The number of hydrogen-bond acceptors (Lipinski definition) is 3. The third-order valence-electron chi connectivity index (χ3n) is 7.57. The van der Waals surface area contributed by atoms with Crippen molar-refractivity contribution in [3.8, 4) is 0 Å². The van der Waals surface area contributed by atoms with Gasteiger partial charge in [-0.1, -0.05) is 42.5 Å². The molecule has 2 aliphatic heterocycles. The molecule has 0 spiro atoms. The number of piperidine rings is 2. The maximum absolute atomic E-state index is 13.5. The highest BCUT2D eigenvalue weighted by Crippen LogP contribution is 2.33. The third kappa shape index (κ3) is 5.44. The summed E-state index contributed by atoms with van der Waals surface area (Å²) >= 11 is 0. The number of nitrogens with zero attached hydrogens (tertiary/aromatic N) is 2. The van der Waals surface area contributed by atoms with Gasteiger partial charge in [0, 0.05) is 24.1 Å². The number of urea groups is 1. The van der Waals surface area contributed by atoms with Crippen LogP contribution in [-0.4, -0.2) is 53.3 Å². The summed E-state index contributed by atoms with van der Waals surface area (Å²) in [7, 11) is 0. The van der Waals surface area contributed by atoms with Crippen LogP contribution in [0, 0.1) is 17.7 Å². The Hall–Kier alpha value is -2.73. The van der Waals surface area contributed by atoms with E-state index in [1.165, 1.54) is 17.7 Å². The monoisotopic (exact) mass is 451 g/mol. The number of likely N-dealkylation sites (tertiary alicyclic amines) is 2. The average Bonchev–Trinajstić information content (AvgIpc) is 2.85. The van der Waals surface area contributed by atoms with Gasteiger partial charge in [0.2, 0.25) is 0 Å². The van der Waals surface area contributed by atoms with Crippen LogP contribution in [0.1, 0.15) is 48.5 Å². The lowest BCUT2D eigenvalue weighted by Crippen LogP contribution is -2.59. The summed E-state index contributed by atoms with van der Waals surface area (Å²) < 4.78 is 13.2. The summed E-state index contributed by atoms with van der Waals surface area (Å²) in [5.74, 6) is 0.415. The highest BCUT2D eigenvalue weighted by Gasteiger charge is 2.43. The van der Waals surface area contributed by atoms with Crippen molar-refractivity contribution < 1.29 is 14.0 Å². The van der Waals surface area contributed by atoms with Gasteiger partial charge in [-0.05, 0) is 75.7 Å². The Morgan fingerprint density at radius 1 is 1.00 bits per heavy atom. The number of Topliss-reactive ketones (excluding diaryl/α,β-unsaturated/α-hetero) is 1. The van der Waals surface area contributed by atoms with Crippen molar-refractivity contribution in [3.63, 3.8) is 0 Å². The molecule has 2 heterocycles. The summed E-state index contributed by atoms with van der Waals surface area (Å²) in [4.78, 5) is 29.8. The van der Waals surface area contributed by atoms with E-state index in [2.05, 4.69) is 11.8 Å². The van der Waals surface area contributed by atoms with Gasteiger partial charge in [-0.3, -0.25) is 4.79 Å². The minimum Gasteiger partial charge on any atom is -0.351 e. The van der Waals surface area contributed by atoms with Crippen LogP contribution in [0.15, 0.2) is 54.6 Å². The third-order valence-corrected chi connectivity index (χ3v) is 7.57. The molecule has 176 valence electrons. The lowest BCUT2D eigenvalue weighted by atomic mass is 9.79. The topological polar surface area (TPSA) is 66.6 Å². The van der Waals surface area contributed by atoms with Gasteiger partial charge in [-0.25, -0.2) is 9.18 Å². The van der Waals surface area contributed by atoms with Crippen molar-refractivity contribution in [3.05, 3.63) is 71.5 Å². The first-order chi connectivity index (χ1) is 15.9. The number of primary amides is 1. The maximum Gasteiger partial charge on any atom is 0.315 e. The van der Waals surface area contributed by atoms with Crippen molar-refractivity contribution >= 4 is 11.8 Å². The summed E-state index contributed by atoms with van der Waals surface area (Å²) in [5.41, 5.74) is 7.52. The minimum absolute atomic E-state index is 0.0165. The molecule has 2 fully saturated rings. The number of benzene rings is 2. The molecule has 2 amide bonds. The van der Waals surface area contributed by atoms with E-state index in [1.54, 1.807) is 4.90 Å². The number of rotatable bonds is 6. The normalized spacial score (nSPS) is 23.3. The fourth-order valence-corrected chi connectivity index (χ4v) is 5.68. The number of carbonyl (C=O) groups is 2. The number of nitrogens with two attached hydrogens (primary N) is 1. The van der Waals surface area contributed by atoms with Crippen molar-refractivity contribution in [1.29, 1.82) is 0 Å². The maximum atomic E-state index is 13.5. The first kappa shape index (κ1) is 23.4. The summed E-state index contributed by atoms with van der Waals surface area (Å²) in [5, 5.41) is 0. The van der Waals surface area contributed by atoms with Crippen LogP contribution in [0.5, 0.6) is 0 Å². The SMILES string of the molecule is CC(C1CCCN(C(N)=O)C1C(=O)c1ccccc1)N1CCC(Cc2ccc(F)cc2)CC1. The zero-order valence-corrected chi connectivity index (χ0v) is 19.3. The van der Waals surface area contributed by atoms with Crippen LogP contribution in [0.25, 0.3) is 0 Å². The molecule has 0 bridgehead atoms. The van der Waals surface area contributed by atoms with Gasteiger partial charge >= 0.3 is 6.03 Å². The fraction of sp³-hybridized carbons (Fsp3) is 0.481. The molecule has 2 saturated heterocycles. The Morgan fingerprint density at radius 2 is 1.67 bits per heavy atom. The van der Waals surface area contributed by atoms with Crippen LogP contribution in [0.4, 0.5) is 9.18 Å². The van der Waals surface area contributed by atoms with E-state index in [4.69, 9.17) is 5.73 Å². The number of carbonyl (C=O) groups excluding carboxylic acids is 2. The van der Waals surface area contributed by atoms with Crippen molar-refractivity contribution in [2.75, 3.05) is 19.6 Å². The second-order valence-corrected chi connectivity index (χ2v) is 9.56. The molecule has 2 aliphatic rings. The van der Waals surface area contributed by atoms with E-state index in [0.717, 1.165) is 45.2 Å². The Balaban J connectivity index is 1.44. The van der Waals surface area contributed by atoms with E-state index in [-0.39, 0.29) is 23.6 Å². The highest BCUT2D eigenvalue weighted by atomic mass is 19.1. The zero-order chi connectivity index (χ0) is 23.4. The Labute approximate surface area is 195 Å². The molecule has 6 heteroatoms. The van der Waals surface area contributed by atoms with Crippen LogP contribution in [0.2, 0.25) is 0 Å². The van der Waals surface area contributed by atoms with Gasteiger partial charge in [-0.15, -0.1) is 0 Å². The van der Waals surface area contributed by atoms with Crippen LogP contribution < -0.4 is 5.73 Å². The molecule has 3 atom stereocenters. The summed E-state index contributed by atoms with van der Waals surface area (Å²) in [6.07, 6.45) is 4.88. The smallest absolute Gasteiger partial charge is 0.315 e. The minimum atomic E-state index is -0.523. The molecule has 0 aromatic heterocycles. The van der Waals surface area contributed by atoms with Gasteiger partial charge in [0.15, 0.2) is 5.78 Å². The average molecular weight is 452 g/mol.